The van der Waals surface area contributed by atoms with Crippen LogP contribution in [-0.2, 0) is 7.05 Å². The molecule has 0 atom stereocenters. The van der Waals surface area contributed by atoms with Crippen molar-refractivity contribution in [3.05, 3.63) is 95.5 Å². The molecular weight excluding hydrogens is 368 g/mol. The molecule has 0 saturated heterocycles. The third-order valence-electron chi connectivity index (χ3n) is 5.85. The molecule has 5 rings (SSSR count). The van der Waals surface area contributed by atoms with Crippen molar-refractivity contribution < 1.29 is 8.98 Å². The van der Waals surface area contributed by atoms with Crippen LogP contribution in [-0.4, -0.2) is 0 Å². The van der Waals surface area contributed by atoms with Gasteiger partial charge in [0.2, 0.25) is 5.69 Å². The number of aryl methyl sites for hydroxylation is 3. The molecule has 0 amide bonds. The van der Waals surface area contributed by atoms with Gasteiger partial charge in [-0.05, 0) is 48.2 Å². The Morgan fingerprint density at radius 1 is 0.900 bits per heavy atom. The first-order chi connectivity index (χ1) is 14.6. The third kappa shape index (κ3) is 2.62. The lowest BCUT2D eigenvalue weighted by Gasteiger charge is -2.10. The monoisotopic (exact) mass is 389 g/mol. The van der Waals surface area contributed by atoms with E-state index in [0.29, 0.717) is 5.69 Å². The van der Waals surface area contributed by atoms with Crippen LogP contribution in [0.1, 0.15) is 11.1 Å². The largest absolute Gasteiger partial charge is 0.456 e. The Morgan fingerprint density at radius 3 is 2.40 bits per heavy atom. The Hall–Kier alpha value is -3.90. The smallest absolute Gasteiger partial charge is 0.216 e. The Morgan fingerprint density at radius 2 is 1.67 bits per heavy atom. The minimum atomic E-state index is 0.631. The van der Waals surface area contributed by atoms with Crippen LogP contribution in [0.25, 0.3) is 49.2 Å². The van der Waals surface area contributed by atoms with E-state index >= 15 is 0 Å². The van der Waals surface area contributed by atoms with Crippen molar-refractivity contribution in [1.82, 2.24) is 0 Å². The summed E-state index contributed by atoms with van der Waals surface area (Å²) in [5.41, 5.74) is 8.84. The molecule has 2 heterocycles. The number of rotatable bonds is 2. The van der Waals surface area contributed by atoms with E-state index in [1.807, 2.05) is 31.2 Å². The maximum absolute atomic E-state index is 7.49. The van der Waals surface area contributed by atoms with Gasteiger partial charge in [-0.3, -0.25) is 0 Å². The fraction of sp³-hybridized carbons (Fsp3) is 0.111. The van der Waals surface area contributed by atoms with Gasteiger partial charge >= 0.3 is 0 Å². The van der Waals surface area contributed by atoms with Gasteiger partial charge in [0.25, 0.3) is 0 Å². The van der Waals surface area contributed by atoms with E-state index in [-0.39, 0.29) is 0 Å². The molecule has 0 unspecified atom stereocenters. The minimum Gasteiger partial charge on any atom is -0.456 e. The molecular formula is C27H21N2O+. The number of hydrogen-bond acceptors (Lipinski definition) is 1. The maximum Gasteiger partial charge on any atom is 0.216 e. The van der Waals surface area contributed by atoms with Crippen molar-refractivity contribution in [2.45, 2.75) is 13.8 Å². The number of nitrogens with zero attached hydrogens (tertiary/aromatic N) is 2. The van der Waals surface area contributed by atoms with E-state index in [1.54, 1.807) is 0 Å². The quantitative estimate of drug-likeness (QED) is 0.237. The fourth-order valence-electron chi connectivity index (χ4n) is 4.34. The van der Waals surface area contributed by atoms with Gasteiger partial charge in [-0.2, -0.15) is 0 Å². The number of fused-ring (bicyclic) bond motifs is 3. The summed E-state index contributed by atoms with van der Waals surface area (Å²) in [6.07, 6.45) is 2.05. The lowest BCUT2D eigenvalue weighted by Crippen LogP contribution is -2.30. The van der Waals surface area contributed by atoms with Gasteiger partial charge in [-0.25, -0.2) is 9.41 Å². The fourth-order valence-corrected chi connectivity index (χ4v) is 4.34. The van der Waals surface area contributed by atoms with Crippen LogP contribution in [0, 0.1) is 20.4 Å². The summed E-state index contributed by atoms with van der Waals surface area (Å²) in [5.74, 6) is 0. The number of pyridine rings is 1. The molecule has 3 nitrogen and oxygen atoms in total. The molecule has 30 heavy (non-hydrogen) atoms. The highest BCUT2D eigenvalue weighted by Gasteiger charge is 2.24. The zero-order valence-corrected chi connectivity index (χ0v) is 17.2. The Balaban J connectivity index is 2.00. The van der Waals surface area contributed by atoms with Gasteiger partial charge in [0.15, 0.2) is 11.9 Å². The molecule has 0 bridgehead atoms. The second-order valence-electron chi connectivity index (χ2n) is 7.68. The average molecular weight is 389 g/mol. The molecule has 0 radical (unpaired) electrons. The van der Waals surface area contributed by atoms with Crippen molar-refractivity contribution >= 4 is 27.6 Å². The molecule has 0 aliphatic heterocycles. The lowest BCUT2D eigenvalue weighted by molar-refractivity contribution is -0.660. The number of aromatic nitrogens is 1. The number of hydrogen-bond donors (Lipinski definition) is 0. The molecule has 0 saturated carbocycles. The third-order valence-corrected chi connectivity index (χ3v) is 5.85. The van der Waals surface area contributed by atoms with E-state index in [4.69, 9.17) is 11.0 Å². The van der Waals surface area contributed by atoms with Crippen LogP contribution in [0.2, 0.25) is 0 Å². The molecule has 3 aromatic carbocycles. The van der Waals surface area contributed by atoms with Crippen LogP contribution < -0.4 is 4.57 Å². The Labute approximate surface area is 175 Å². The molecule has 0 fully saturated rings. The summed E-state index contributed by atoms with van der Waals surface area (Å²) in [5, 5.41) is 2.15. The zero-order valence-electron chi connectivity index (χ0n) is 17.2. The van der Waals surface area contributed by atoms with Gasteiger partial charge in [0, 0.05) is 22.9 Å². The van der Waals surface area contributed by atoms with Crippen molar-refractivity contribution in [3.63, 3.8) is 0 Å². The highest BCUT2D eigenvalue weighted by Crippen LogP contribution is 2.44. The SMILES string of the molecule is [C-]#[N+]c1ccc2c(oc3c(-c4cccc[n+]4C)c(C)cc(-c4ccccc4)c32)c1C. The van der Waals surface area contributed by atoms with E-state index in [1.165, 1.54) is 0 Å². The summed E-state index contributed by atoms with van der Waals surface area (Å²) >= 11 is 0. The van der Waals surface area contributed by atoms with Crippen molar-refractivity contribution in [3.8, 4) is 22.4 Å². The zero-order chi connectivity index (χ0) is 20.8. The average Bonchev–Trinajstić information content (AvgIpc) is 3.15. The molecule has 5 aromatic rings. The number of benzene rings is 3. The molecule has 0 spiro atoms. The predicted octanol–water partition coefficient (Wildman–Crippen LogP) is 6.91. The van der Waals surface area contributed by atoms with Crippen LogP contribution in [0.5, 0.6) is 0 Å². The molecule has 144 valence electrons. The summed E-state index contributed by atoms with van der Waals surface area (Å²) in [6.45, 7) is 11.6. The topological polar surface area (TPSA) is 21.4 Å². The van der Waals surface area contributed by atoms with E-state index in [0.717, 1.165) is 55.4 Å². The minimum absolute atomic E-state index is 0.631. The van der Waals surface area contributed by atoms with Crippen molar-refractivity contribution in [2.75, 3.05) is 0 Å². The van der Waals surface area contributed by atoms with Crippen LogP contribution in [0.15, 0.2) is 77.3 Å². The van der Waals surface area contributed by atoms with Gasteiger partial charge in [-0.15, -0.1) is 0 Å². The highest BCUT2D eigenvalue weighted by atomic mass is 16.3. The molecule has 2 aromatic heterocycles. The molecule has 0 N–H and O–H groups in total. The summed E-state index contributed by atoms with van der Waals surface area (Å²) in [6, 6.07) is 22.8. The first-order valence-electron chi connectivity index (χ1n) is 9.97. The van der Waals surface area contributed by atoms with Gasteiger partial charge in [-0.1, -0.05) is 42.5 Å². The normalized spacial score (nSPS) is 11.1. The van der Waals surface area contributed by atoms with Crippen LogP contribution in [0.4, 0.5) is 5.69 Å². The number of furan rings is 1. The standard InChI is InChI=1S/C27H21N2O/c1-17-16-21(19-10-6-5-7-11-19)25-20-13-14-22(28-3)18(2)26(20)30-27(25)24(17)23-12-8-9-15-29(23)4/h5-16H,1-2,4H3/q+1. The molecule has 0 aliphatic carbocycles. The van der Waals surface area contributed by atoms with Crippen molar-refractivity contribution in [2.24, 2.45) is 7.05 Å². The summed E-state index contributed by atoms with van der Waals surface area (Å²) < 4.78 is 8.67. The molecule has 0 aliphatic rings. The molecule has 3 heteroatoms. The van der Waals surface area contributed by atoms with Crippen molar-refractivity contribution in [1.29, 1.82) is 0 Å². The van der Waals surface area contributed by atoms with Gasteiger partial charge < -0.3 is 4.42 Å². The van der Waals surface area contributed by atoms with Crippen LogP contribution in [0.3, 0.4) is 0 Å². The highest BCUT2D eigenvalue weighted by molar-refractivity contribution is 6.17. The van der Waals surface area contributed by atoms with E-state index < -0.39 is 0 Å². The second kappa shape index (κ2) is 6.86. The second-order valence-corrected chi connectivity index (χ2v) is 7.68. The Kier molecular flexibility index (Phi) is 4.15. The van der Waals surface area contributed by atoms with E-state index in [9.17, 15) is 0 Å². The Bertz CT molecular complexity index is 1470. The van der Waals surface area contributed by atoms with Gasteiger partial charge in [0.1, 0.15) is 18.2 Å². The summed E-state index contributed by atoms with van der Waals surface area (Å²) in [4.78, 5) is 3.67. The maximum atomic E-state index is 7.49. The summed E-state index contributed by atoms with van der Waals surface area (Å²) in [7, 11) is 2.05. The first kappa shape index (κ1) is 18.1. The van der Waals surface area contributed by atoms with Gasteiger partial charge in [0.05, 0.1) is 12.1 Å². The lowest BCUT2D eigenvalue weighted by atomic mass is 9.92. The van der Waals surface area contributed by atoms with Crippen LogP contribution >= 0.6 is 0 Å². The first-order valence-corrected chi connectivity index (χ1v) is 9.97. The predicted molar refractivity (Wildman–Crippen MR) is 122 cm³/mol. The van der Waals surface area contributed by atoms with E-state index in [2.05, 4.69) is 72.0 Å².